The first-order valence-electron chi connectivity index (χ1n) is 10.8. The number of aliphatic hydroxyl groups is 1. The van der Waals surface area contributed by atoms with Crippen molar-refractivity contribution in [2.75, 3.05) is 37.0 Å². The third kappa shape index (κ3) is 5.40. The fourth-order valence-electron chi connectivity index (χ4n) is 3.45. The van der Waals surface area contributed by atoms with Gasteiger partial charge in [-0.25, -0.2) is 4.68 Å². The first-order valence-corrected chi connectivity index (χ1v) is 10.8. The molecule has 0 radical (unpaired) electrons. The summed E-state index contributed by atoms with van der Waals surface area (Å²) < 4.78 is 7.22. The van der Waals surface area contributed by atoms with E-state index in [9.17, 15) is 0 Å². The summed E-state index contributed by atoms with van der Waals surface area (Å²) >= 11 is 0. The number of hydrogen-bond donors (Lipinski definition) is 3. The Morgan fingerprint density at radius 2 is 1.75 bits per heavy atom. The van der Waals surface area contributed by atoms with Crippen molar-refractivity contribution in [2.45, 2.75) is 19.5 Å². The molecule has 0 bridgehead atoms. The molecule has 0 saturated heterocycles. The average Bonchev–Trinajstić information content (AvgIpc) is 3.23. The lowest BCUT2D eigenvalue weighted by Gasteiger charge is -2.16. The molecule has 166 valence electrons. The van der Waals surface area contributed by atoms with E-state index in [0.717, 1.165) is 22.4 Å². The molecule has 8 nitrogen and oxygen atoms in total. The van der Waals surface area contributed by atoms with Gasteiger partial charge in [-0.2, -0.15) is 15.1 Å². The fraction of sp³-hybridized carbons (Fsp3) is 0.292. The van der Waals surface area contributed by atoms with Gasteiger partial charge in [0.2, 0.25) is 5.95 Å². The second-order valence-electron chi connectivity index (χ2n) is 7.46. The molecule has 0 aliphatic carbocycles. The number of nitrogens with zero attached hydrogens (tertiary/aromatic N) is 4. The maximum absolute atomic E-state index is 8.86. The Hall–Kier alpha value is -3.49. The molecule has 0 amide bonds. The van der Waals surface area contributed by atoms with Gasteiger partial charge in [0, 0.05) is 12.6 Å². The van der Waals surface area contributed by atoms with Crippen molar-refractivity contribution >= 4 is 22.8 Å². The molecule has 1 unspecified atom stereocenters. The van der Waals surface area contributed by atoms with Gasteiger partial charge in [0.25, 0.3) is 0 Å². The molecule has 0 spiro atoms. The fourth-order valence-corrected chi connectivity index (χ4v) is 3.45. The standard InChI is InChI=1S/C24H28N6O2/c1-18(20-10-6-3-7-11-20)27-22-21-16-26-30(17-19-8-4-2-5-9-19)23(21)29-24(28-22)25-12-14-32-15-13-31/h2-11,16,18,31H,12-15,17H2,1H3,(H2,25,27,28,29). The molecule has 2 heterocycles. The van der Waals surface area contributed by atoms with Crippen LogP contribution in [0.1, 0.15) is 24.1 Å². The number of benzene rings is 2. The predicted molar refractivity (Wildman–Crippen MR) is 126 cm³/mol. The van der Waals surface area contributed by atoms with Gasteiger partial charge in [-0.05, 0) is 18.1 Å². The van der Waals surface area contributed by atoms with Crippen LogP contribution < -0.4 is 10.6 Å². The van der Waals surface area contributed by atoms with Crippen LogP contribution in [0.25, 0.3) is 11.0 Å². The molecule has 1 atom stereocenters. The van der Waals surface area contributed by atoms with E-state index in [0.29, 0.717) is 32.3 Å². The summed E-state index contributed by atoms with van der Waals surface area (Å²) in [5.41, 5.74) is 3.07. The van der Waals surface area contributed by atoms with Crippen molar-refractivity contribution in [1.29, 1.82) is 0 Å². The van der Waals surface area contributed by atoms with Crippen LogP contribution in [0.3, 0.4) is 0 Å². The van der Waals surface area contributed by atoms with Gasteiger partial charge in [0.05, 0.1) is 37.9 Å². The van der Waals surface area contributed by atoms with Gasteiger partial charge in [-0.3, -0.25) is 0 Å². The number of anilines is 2. The van der Waals surface area contributed by atoms with E-state index in [4.69, 9.17) is 19.8 Å². The molecule has 32 heavy (non-hydrogen) atoms. The molecule has 2 aromatic heterocycles. The molecule has 0 aliphatic heterocycles. The Bertz CT molecular complexity index is 1120. The smallest absolute Gasteiger partial charge is 0.226 e. The number of nitrogens with one attached hydrogen (secondary N) is 2. The van der Waals surface area contributed by atoms with Gasteiger partial charge in [-0.15, -0.1) is 0 Å². The Morgan fingerprint density at radius 1 is 1.00 bits per heavy atom. The molecular weight excluding hydrogens is 404 g/mol. The summed E-state index contributed by atoms with van der Waals surface area (Å²) in [5, 5.41) is 21.0. The van der Waals surface area contributed by atoms with Crippen LogP contribution in [0, 0.1) is 0 Å². The summed E-state index contributed by atoms with van der Waals surface area (Å²) in [4.78, 5) is 9.44. The Labute approximate surface area is 187 Å². The van der Waals surface area contributed by atoms with Gasteiger partial charge in [-0.1, -0.05) is 60.7 Å². The van der Waals surface area contributed by atoms with Crippen molar-refractivity contribution in [3.8, 4) is 0 Å². The lowest BCUT2D eigenvalue weighted by molar-refractivity contribution is 0.0991. The van der Waals surface area contributed by atoms with Crippen LogP contribution in [-0.2, 0) is 11.3 Å². The number of rotatable bonds is 11. The summed E-state index contributed by atoms with van der Waals surface area (Å²) in [5.74, 6) is 1.23. The van der Waals surface area contributed by atoms with Gasteiger partial charge < -0.3 is 20.5 Å². The Balaban J connectivity index is 1.62. The summed E-state index contributed by atoms with van der Waals surface area (Å²) in [6.45, 7) is 4.03. The number of aromatic nitrogens is 4. The normalized spacial score (nSPS) is 12.1. The third-order valence-corrected chi connectivity index (χ3v) is 5.09. The zero-order valence-corrected chi connectivity index (χ0v) is 18.1. The van der Waals surface area contributed by atoms with Gasteiger partial charge >= 0.3 is 0 Å². The highest BCUT2D eigenvalue weighted by Crippen LogP contribution is 2.26. The highest BCUT2D eigenvalue weighted by atomic mass is 16.5. The second kappa shape index (κ2) is 10.7. The highest BCUT2D eigenvalue weighted by molar-refractivity contribution is 5.87. The van der Waals surface area contributed by atoms with Crippen molar-refractivity contribution in [1.82, 2.24) is 19.7 Å². The van der Waals surface area contributed by atoms with E-state index in [2.05, 4.69) is 46.9 Å². The van der Waals surface area contributed by atoms with Crippen molar-refractivity contribution in [3.05, 3.63) is 78.0 Å². The van der Waals surface area contributed by atoms with Gasteiger partial charge in [0.15, 0.2) is 5.65 Å². The van der Waals surface area contributed by atoms with E-state index in [1.165, 1.54) is 5.56 Å². The minimum absolute atomic E-state index is 0.00652. The van der Waals surface area contributed by atoms with Gasteiger partial charge in [0.1, 0.15) is 5.82 Å². The minimum Gasteiger partial charge on any atom is -0.394 e. The third-order valence-electron chi connectivity index (χ3n) is 5.09. The Kier molecular flexibility index (Phi) is 7.27. The van der Waals surface area contributed by atoms with E-state index < -0.39 is 0 Å². The quantitative estimate of drug-likeness (QED) is 0.312. The predicted octanol–water partition coefficient (Wildman–Crippen LogP) is 3.47. The molecule has 3 N–H and O–H groups in total. The van der Waals surface area contributed by atoms with E-state index >= 15 is 0 Å². The highest BCUT2D eigenvalue weighted by Gasteiger charge is 2.15. The molecule has 0 aliphatic rings. The number of hydrogen-bond acceptors (Lipinski definition) is 7. The molecule has 8 heteroatoms. The van der Waals surface area contributed by atoms with E-state index in [1.807, 2.05) is 47.3 Å². The summed E-state index contributed by atoms with van der Waals surface area (Å²) in [6, 6.07) is 20.5. The summed E-state index contributed by atoms with van der Waals surface area (Å²) in [7, 11) is 0. The van der Waals surface area contributed by atoms with Crippen molar-refractivity contribution in [3.63, 3.8) is 0 Å². The molecule has 4 rings (SSSR count). The number of ether oxygens (including phenoxy) is 1. The maximum Gasteiger partial charge on any atom is 0.226 e. The van der Waals surface area contributed by atoms with Crippen LogP contribution in [-0.4, -0.2) is 51.2 Å². The van der Waals surface area contributed by atoms with Crippen LogP contribution in [0.2, 0.25) is 0 Å². The zero-order valence-electron chi connectivity index (χ0n) is 18.1. The van der Waals surface area contributed by atoms with Crippen LogP contribution >= 0.6 is 0 Å². The molecule has 4 aromatic rings. The summed E-state index contributed by atoms with van der Waals surface area (Å²) in [6.07, 6.45) is 1.81. The monoisotopic (exact) mass is 432 g/mol. The van der Waals surface area contributed by atoms with Crippen LogP contribution in [0.4, 0.5) is 11.8 Å². The first kappa shape index (κ1) is 21.7. The average molecular weight is 433 g/mol. The SMILES string of the molecule is CC(Nc1nc(NCCOCCO)nc2c1cnn2Cc1ccccc1)c1ccccc1. The minimum atomic E-state index is 0.00652. The zero-order chi connectivity index (χ0) is 22.2. The molecule has 2 aromatic carbocycles. The Morgan fingerprint density at radius 3 is 2.50 bits per heavy atom. The molecule has 0 fully saturated rings. The molecule has 0 saturated carbocycles. The molecular formula is C24H28N6O2. The van der Waals surface area contributed by atoms with E-state index in [-0.39, 0.29) is 12.6 Å². The lowest BCUT2D eigenvalue weighted by atomic mass is 10.1. The maximum atomic E-state index is 8.86. The number of fused-ring (bicyclic) bond motifs is 1. The number of aliphatic hydroxyl groups excluding tert-OH is 1. The second-order valence-corrected chi connectivity index (χ2v) is 7.46. The topological polar surface area (TPSA) is 97.1 Å². The van der Waals surface area contributed by atoms with Crippen molar-refractivity contribution in [2.24, 2.45) is 0 Å². The van der Waals surface area contributed by atoms with Crippen molar-refractivity contribution < 1.29 is 9.84 Å². The largest absolute Gasteiger partial charge is 0.394 e. The van der Waals surface area contributed by atoms with Crippen LogP contribution in [0.5, 0.6) is 0 Å². The van der Waals surface area contributed by atoms with E-state index in [1.54, 1.807) is 0 Å². The lowest BCUT2D eigenvalue weighted by Crippen LogP contribution is -2.15. The van der Waals surface area contributed by atoms with Crippen LogP contribution in [0.15, 0.2) is 66.9 Å². The first-order chi connectivity index (χ1) is 15.7.